The van der Waals surface area contributed by atoms with Crippen molar-refractivity contribution < 1.29 is 77.6 Å². The summed E-state index contributed by atoms with van der Waals surface area (Å²) in [4.78, 5) is 185. The third kappa shape index (κ3) is 33.7. The van der Waals surface area contributed by atoms with E-state index in [0.29, 0.717) is 0 Å². The van der Waals surface area contributed by atoms with E-state index in [-0.39, 0.29) is 95.0 Å². The maximum atomic E-state index is 14.2. The van der Waals surface area contributed by atoms with Gasteiger partial charge in [0.15, 0.2) is 23.8 Å². The van der Waals surface area contributed by atoms with Crippen LogP contribution in [0.4, 0.5) is 0 Å². The van der Waals surface area contributed by atoms with Crippen molar-refractivity contribution in [2.45, 2.75) is 151 Å². The molecule has 0 spiro atoms. The van der Waals surface area contributed by atoms with Crippen molar-refractivity contribution in [3.8, 4) is 0 Å². The summed E-state index contributed by atoms with van der Waals surface area (Å²) in [6.45, 7) is 0.983. The maximum Gasteiger partial charge on any atom is 0.326 e. The summed E-state index contributed by atoms with van der Waals surface area (Å²) in [6.07, 6.45) is -5.95. The number of carboxylic acids is 3. The molecule has 0 saturated carbocycles. The van der Waals surface area contributed by atoms with Crippen molar-refractivity contribution in [3.63, 3.8) is 0 Å². The predicted molar refractivity (Wildman–Crippen MR) is 298 cm³/mol. The highest BCUT2D eigenvalue weighted by molar-refractivity contribution is 5.99. The molecule has 9 atom stereocenters. The number of aliphatic imine (C=N–C) groups is 4. The maximum absolute atomic E-state index is 14.2. The van der Waals surface area contributed by atoms with Crippen LogP contribution in [0, 0.1) is 0 Å². The van der Waals surface area contributed by atoms with Gasteiger partial charge in [-0.05, 0) is 71.1 Å². The molecule has 39 heteroatoms. The average Bonchev–Trinajstić information content (AvgIpc) is 3.42. The fourth-order valence-electron chi connectivity index (χ4n) is 7.18. The first kappa shape index (κ1) is 74.2. The van der Waals surface area contributed by atoms with Gasteiger partial charge in [-0.1, -0.05) is 0 Å². The Balaban J connectivity index is 7.25. The number of amides is 10. The number of carbonyl (C=O) groups is 13. The van der Waals surface area contributed by atoms with E-state index in [0.717, 1.165) is 0 Å². The first-order valence-corrected chi connectivity index (χ1v) is 25.9. The van der Waals surface area contributed by atoms with Crippen LogP contribution in [0.5, 0.6) is 0 Å². The highest BCUT2D eigenvalue weighted by Gasteiger charge is 2.36. The van der Waals surface area contributed by atoms with Crippen molar-refractivity contribution in [3.05, 3.63) is 0 Å². The van der Waals surface area contributed by atoms with Crippen molar-refractivity contribution >= 4 is 101 Å². The van der Waals surface area contributed by atoms with Crippen LogP contribution in [0.25, 0.3) is 0 Å². The number of carboxylic acid groups (broad SMARTS) is 3. The van der Waals surface area contributed by atoms with E-state index in [1.165, 1.54) is 6.92 Å². The molecule has 0 aliphatic rings. The van der Waals surface area contributed by atoms with Crippen LogP contribution in [0.15, 0.2) is 20.0 Å². The molecule has 0 aromatic rings. The zero-order chi connectivity index (χ0) is 64.2. The van der Waals surface area contributed by atoms with Gasteiger partial charge in [-0.15, -0.1) is 0 Å². The molecule has 0 radical (unpaired) electrons. The van der Waals surface area contributed by atoms with E-state index in [1.54, 1.807) is 0 Å². The van der Waals surface area contributed by atoms with Gasteiger partial charge >= 0.3 is 17.9 Å². The van der Waals surface area contributed by atoms with Gasteiger partial charge in [0.1, 0.15) is 48.3 Å². The Bertz CT molecular complexity index is 2420. The van der Waals surface area contributed by atoms with Crippen LogP contribution in [0.2, 0.25) is 0 Å². The second-order valence-electron chi connectivity index (χ2n) is 18.6. The highest BCUT2D eigenvalue weighted by atomic mass is 16.4. The number of nitrogens with zero attached hydrogens (tertiary/aromatic N) is 4. The summed E-state index contributed by atoms with van der Waals surface area (Å²) >= 11 is 0. The molecule has 0 unspecified atom stereocenters. The number of nitrogens with two attached hydrogens (primary N) is 11. The lowest BCUT2D eigenvalue weighted by Crippen LogP contribution is -2.60. The monoisotopic (exact) mass is 1200 g/mol. The number of carbonyl (C=O) groups excluding carboxylic acids is 10. The summed E-state index contributed by atoms with van der Waals surface area (Å²) < 4.78 is 0. The molecular formula is C45H81N23O16. The van der Waals surface area contributed by atoms with Gasteiger partial charge in [0.25, 0.3) is 0 Å². The van der Waals surface area contributed by atoms with Gasteiger partial charge in [-0.2, -0.15) is 0 Å². The van der Waals surface area contributed by atoms with E-state index in [9.17, 15) is 77.6 Å². The molecule has 0 saturated heterocycles. The number of primary amides is 2. The Kier molecular flexibility index (Phi) is 34.9. The molecular weight excluding hydrogens is 1120 g/mol. The first-order chi connectivity index (χ1) is 39.2. The van der Waals surface area contributed by atoms with E-state index in [1.807, 2.05) is 0 Å². The molecule has 84 heavy (non-hydrogen) atoms. The minimum atomic E-state index is -1.97. The molecule has 0 rings (SSSR count). The van der Waals surface area contributed by atoms with Crippen LogP contribution < -0.4 is 106 Å². The van der Waals surface area contributed by atoms with E-state index >= 15 is 0 Å². The average molecular weight is 1200 g/mol. The number of hydrogen-bond acceptors (Lipinski definition) is 18. The lowest BCUT2D eigenvalue weighted by atomic mass is 10.0. The number of aliphatic carboxylic acids is 3. The minimum Gasteiger partial charge on any atom is -0.481 e. The van der Waals surface area contributed by atoms with Gasteiger partial charge in [0.05, 0.1) is 18.9 Å². The summed E-state index contributed by atoms with van der Waals surface area (Å²) in [5, 5.41) is 47.2. The fourth-order valence-corrected chi connectivity index (χ4v) is 7.18. The Morgan fingerprint density at radius 1 is 0.333 bits per heavy atom. The van der Waals surface area contributed by atoms with E-state index in [4.69, 9.17) is 63.1 Å². The summed E-state index contributed by atoms with van der Waals surface area (Å²) in [5.41, 5.74) is 59.5. The van der Waals surface area contributed by atoms with Crippen LogP contribution in [-0.2, 0) is 62.3 Å². The molecule has 0 fully saturated rings. The quantitative estimate of drug-likeness (QED) is 0.0153. The van der Waals surface area contributed by atoms with E-state index < -0.39 is 176 Å². The number of nitrogens with one attached hydrogen (secondary N) is 8. The topological polar surface area (TPSA) is 714 Å². The van der Waals surface area contributed by atoms with Crippen molar-refractivity contribution in [2.24, 2.45) is 83.0 Å². The van der Waals surface area contributed by atoms with Crippen molar-refractivity contribution in [2.75, 3.05) is 26.2 Å². The van der Waals surface area contributed by atoms with Crippen LogP contribution >= 0.6 is 0 Å². The molecule has 0 aliphatic heterocycles. The van der Waals surface area contributed by atoms with Crippen LogP contribution in [0.1, 0.15) is 96.8 Å². The Labute approximate surface area is 480 Å². The number of rotatable bonds is 43. The SMILES string of the molecule is C[C@H](N)C(=O)N[C@@H](CCCN=C(N)N)C(=O)N[C@@H](CCCN=C(N)N)C(=O)N[C@@H](CC(N)=O)C(=O)N[C@@H](CCC(=O)O)C(=O)N[C@@H](CCCN=C(N)N)C(=O)N[C@@H](CCC(=O)O)C(=O)N[C@@H](CCCN=C(N)N)C(=O)N[C@@H](CC(N)=O)C(=O)O. The van der Waals surface area contributed by atoms with Crippen LogP contribution in [-0.4, -0.2) is 197 Å². The zero-order valence-electron chi connectivity index (χ0n) is 46.2. The molecule has 0 heterocycles. The highest BCUT2D eigenvalue weighted by Crippen LogP contribution is 2.11. The summed E-state index contributed by atoms with van der Waals surface area (Å²) in [5.74, 6) is -17.3. The second kappa shape index (κ2) is 39.5. The molecule has 0 bridgehead atoms. The van der Waals surface area contributed by atoms with Gasteiger partial charge in [0.2, 0.25) is 59.1 Å². The lowest BCUT2D eigenvalue weighted by Gasteiger charge is -2.28. The number of guanidine groups is 4. The second-order valence-corrected chi connectivity index (χ2v) is 18.6. The molecule has 33 N–H and O–H groups in total. The molecule has 39 nitrogen and oxygen atoms in total. The lowest BCUT2D eigenvalue weighted by molar-refractivity contribution is -0.144. The standard InChI is InChI=1S/C45H81N23O16/c1-20(46)33(75)61-21(6-2-14-57-42(49)50)34(76)62-23(8-4-16-59-44(53)54)36(78)67-27(18-29(47)69)40(82)66-26(11-13-32(73)74)39(81)63-22(7-3-15-58-43(51)52)35(77)65-25(10-12-31(71)72)38(80)64-24(9-5-17-60-45(55)56)37(79)68-28(41(83)84)19-30(48)70/h20-28H,2-19,46H2,1H3,(H2,47,69)(H2,48,70)(H,61,75)(H,62,76)(H,63,81)(H,64,80)(H,65,77)(H,66,82)(H,67,78)(H,68,79)(H,71,72)(H,73,74)(H,83,84)(H4,49,50,57)(H4,51,52,58)(H4,53,54,59)(H4,55,56,60)/t20-,21-,22-,23-,24-,25-,26-,27-,28-/m0/s1. The third-order valence-corrected chi connectivity index (χ3v) is 11.3. The predicted octanol–water partition coefficient (Wildman–Crippen LogP) is -11.0. The van der Waals surface area contributed by atoms with Gasteiger partial charge in [0, 0.05) is 39.0 Å². The van der Waals surface area contributed by atoms with Gasteiger partial charge < -0.3 is 121 Å². The Morgan fingerprint density at radius 2 is 0.548 bits per heavy atom. The van der Waals surface area contributed by atoms with Crippen molar-refractivity contribution in [1.29, 1.82) is 0 Å². The van der Waals surface area contributed by atoms with Gasteiger partial charge in [-0.25, -0.2) is 4.79 Å². The summed E-state index contributed by atoms with van der Waals surface area (Å²) in [6, 6.07) is -15.0. The van der Waals surface area contributed by atoms with Crippen molar-refractivity contribution in [1.82, 2.24) is 42.5 Å². The third-order valence-electron chi connectivity index (χ3n) is 11.3. The molecule has 472 valence electrons. The molecule has 0 aliphatic carbocycles. The Hall–Kier alpha value is -9.85. The first-order valence-electron chi connectivity index (χ1n) is 25.9. The molecule has 10 amide bonds. The largest absolute Gasteiger partial charge is 0.481 e. The summed E-state index contributed by atoms with van der Waals surface area (Å²) in [7, 11) is 0. The molecule has 0 aromatic carbocycles. The number of hydrogen-bond donors (Lipinski definition) is 22. The minimum absolute atomic E-state index is 0.00154. The smallest absolute Gasteiger partial charge is 0.326 e. The van der Waals surface area contributed by atoms with Gasteiger partial charge in [-0.3, -0.25) is 77.5 Å². The molecule has 0 aromatic heterocycles. The van der Waals surface area contributed by atoms with E-state index in [2.05, 4.69) is 62.5 Å². The van der Waals surface area contributed by atoms with Crippen LogP contribution in [0.3, 0.4) is 0 Å². The normalized spacial score (nSPS) is 13.8. The Morgan fingerprint density at radius 3 is 0.774 bits per heavy atom. The zero-order valence-corrected chi connectivity index (χ0v) is 46.2. The fraction of sp³-hybridized carbons (Fsp3) is 0.622.